The maximum atomic E-state index is 4.61. The molecular weight excluding hydrogens is 284 g/mol. The maximum absolute atomic E-state index is 4.61. The predicted octanol–water partition coefficient (Wildman–Crippen LogP) is 4.17. The van der Waals surface area contributed by atoms with Crippen LogP contribution in [-0.2, 0) is 6.54 Å². The van der Waals surface area contributed by atoms with E-state index in [0.717, 1.165) is 18.1 Å². The van der Waals surface area contributed by atoms with Gasteiger partial charge in [-0.25, -0.2) is 4.98 Å². The minimum absolute atomic E-state index is 0.608. The van der Waals surface area contributed by atoms with E-state index in [1.54, 1.807) is 6.20 Å². The largest absolute Gasteiger partial charge is 0.355 e. The van der Waals surface area contributed by atoms with E-state index in [4.69, 9.17) is 0 Å². The van der Waals surface area contributed by atoms with Gasteiger partial charge >= 0.3 is 0 Å². The van der Waals surface area contributed by atoms with Crippen molar-refractivity contribution in [3.05, 3.63) is 78.0 Å². The van der Waals surface area contributed by atoms with E-state index in [2.05, 4.69) is 45.3 Å². The second-order valence-electron chi connectivity index (χ2n) is 5.52. The molecule has 0 amide bonds. The van der Waals surface area contributed by atoms with Gasteiger partial charge in [0.2, 0.25) is 5.95 Å². The molecule has 23 heavy (non-hydrogen) atoms. The average Bonchev–Trinajstić information content (AvgIpc) is 2.58. The first-order valence-electron chi connectivity index (χ1n) is 7.63. The zero-order valence-corrected chi connectivity index (χ0v) is 13.4. The molecule has 0 bridgehead atoms. The highest BCUT2D eigenvalue weighted by Crippen LogP contribution is 2.19. The number of nitrogens with zero attached hydrogens (tertiary/aromatic N) is 3. The third-order valence-electron chi connectivity index (χ3n) is 3.69. The molecule has 2 aromatic carbocycles. The van der Waals surface area contributed by atoms with Crippen LogP contribution in [0.3, 0.4) is 0 Å². The minimum Gasteiger partial charge on any atom is -0.355 e. The number of benzene rings is 2. The second kappa shape index (κ2) is 6.92. The van der Waals surface area contributed by atoms with E-state index in [-0.39, 0.29) is 0 Å². The van der Waals surface area contributed by atoms with Crippen molar-refractivity contribution in [1.29, 1.82) is 0 Å². The van der Waals surface area contributed by atoms with Gasteiger partial charge in [0.25, 0.3) is 0 Å². The lowest BCUT2D eigenvalue weighted by Crippen LogP contribution is -2.18. The fourth-order valence-corrected chi connectivity index (χ4v) is 2.39. The molecule has 3 aromatic rings. The van der Waals surface area contributed by atoms with Gasteiger partial charge in [0.15, 0.2) is 0 Å². The summed E-state index contributed by atoms with van der Waals surface area (Å²) in [4.78, 5) is 11.0. The molecule has 0 radical (unpaired) electrons. The van der Waals surface area contributed by atoms with Gasteiger partial charge in [-0.05, 0) is 30.2 Å². The summed E-state index contributed by atoms with van der Waals surface area (Å²) in [7, 11) is 2.03. The Labute approximate surface area is 136 Å². The number of aromatic nitrogens is 2. The lowest BCUT2D eigenvalue weighted by atomic mass is 10.2. The van der Waals surface area contributed by atoms with Crippen molar-refractivity contribution in [2.45, 2.75) is 13.5 Å². The fourth-order valence-electron chi connectivity index (χ4n) is 2.39. The Bertz CT molecular complexity index is 771. The Morgan fingerprint density at radius 2 is 1.70 bits per heavy atom. The molecule has 0 spiro atoms. The highest BCUT2D eigenvalue weighted by atomic mass is 15.2. The first-order chi connectivity index (χ1) is 11.2. The zero-order valence-electron chi connectivity index (χ0n) is 13.4. The standard InChI is InChI=1S/C19H20N4/c1-15-8-6-7-11-17(15)21-19-20-13-12-18(22-19)23(2)14-16-9-4-3-5-10-16/h3-13H,14H2,1-2H3,(H,20,21,22). The zero-order chi connectivity index (χ0) is 16.1. The molecule has 0 aliphatic heterocycles. The monoisotopic (exact) mass is 304 g/mol. The maximum Gasteiger partial charge on any atom is 0.229 e. The summed E-state index contributed by atoms with van der Waals surface area (Å²) < 4.78 is 0. The molecule has 0 saturated carbocycles. The van der Waals surface area contributed by atoms with E-state index in [1.807, 2.05) is 49.5 Å². The van der Waals surface area contributed by atoms with Crippen LogP contribution in [0.25, 0.3) is 0 Å². The van der Waals surface area contributed by atoms with E-state index in [0.29, 0.717) is 5.95 Å². The van der Waals surface area contributed by atoms with Crippen LogP contribution in [-0.4, -0.2) is 17.0 Å². The van der Waals surface area contributed by atoms with Gasteiger partial charge in [0, 0.05) is 25.5 Å². The van der Waals surface area contributed by atoms with Gasteiger partial charge < -0.3 is 10.2 Å². The van der Waals surface area contributed by atoms with Crippen LogP contribution >= 0.6 is 0 Å². The molecule has 1 heterocycles. The van der Waals surface area contributed by atoms with Gasteiger partial charge in [-0.3, -0.25) is 0 Å². The molecule has 4 heteroatoms. The Morgan fingerprint density at radius 1 is 0.957 bits per heavy atom. The summed E-state index contributed by atoms with van der Waals surface area (Å²) in [5.41, 5.74) is 3.44. The molecular formula is C19H20N4. The highest BCUT2D eigenvalue weighted by molar-refractivity contribution is 5.59. The number of hydrogen-bond acceptors (Lipinski definition) is 4. The van der Waals surface area contributed by atoms with Crippen LogP contribution < -0.4 is 10.2 Å². The van der Waals surface area contributed by atoms with Crippen molar-refractivity contribution in [1.82, 2.24) is 9.97 Å². The Morgan fingerprint density at radius 3 is 2.48 bits per heavy atom. The number of rotatable bonds is 5. The van der Waals surface area contributed by atoms with Crippen molar-refractivity contribution in [3.8, 4) is 0 Å². The van der Waals surface area contributed by atoms with Crippen molar-refractivity contribution in [3.63, 3.8) is 0 Å². The topological polar surface area (TPSA) is 41.1 Å². The van der Waals surface area contributed by atoms with Gasteiger partial charge in [-0.2, -0.15) is 4.98 Å². The van der Waals surface area contributed by atoms with Crippen LogP contribution in [0.5, 0.6) is 0 Å². The predicted molar refractivity (Wildman–Crippen MR) is 95.0 cm³/mol. The quantitative estimate of drug-likeness (QED) is 0.768. The van der Waals surface area contributed by atoms with E-state index >= 15 is 0 Å². The Balaban J connectivity index is 1.76. The molecule has 1 N–H and O–H groups in total. The van der Waals surface area contributed by atoms with Crippen LogP contribution in [0.4, 0.5) is 17.5 Å². The molecule has 0 fully saturated rings. The van der Waals surface area contributed by atoms with Crippen LogP contribution in [0.2, 0.25) is 0 Å². The van der Waals surface area contributed by atoms with Gasteiger partial charge in [0.05, 0.1) is 0 Å². The van der Waals surface area contributed by atoms with Crippen molar-refractivity contribution >= 4 is 17.5 Å². The number of anilines is 3. The molecule has 0 aliphatic rings. The molecule has 3 rings (SSSR count). The number of aryl methyl sites for hydroxylation is 1. The third kappa shape index (κ3) is 3.86. The van der Waals surface area contributed by atoms with E-state index in [1.165, 1.54) is 11.1 Å². The summed E-state index contributed by atoms with van der Waals surface area (Å²) in [6.45, 7) is 2.87. The van der Waals surface area contributed by atoms with Crippen molar-refractivity contribution in [2.24, 2.45) is 0 Å². The Kier molecular flexibility index (Phi) is 4.52. The molecule has 0 atom stereocenters. The lowest BCUT2D eigenvalue weighted by Gasteiger charge is -2.19. The molecule has 4 nitrogen and oxygen atoms in total. The lowest BCUT2D eigenvalue weighted by molar-refractivity contribution is 0.893. The summed E-state index contributed by atoms with van der Waals surface area (Å²) in [6.07, 6.45) is 1.78. The second-order valence-corrected chi connectivity index (χ2v) is 5.52. The normalized spacial score (nSPS) is 10.3. The molecule has 0 saturated heterocycles. The van der Waals surface area contributed by atoms with Gasteiger partial charge in [-0.15, -0.1) is 0 Å². The summed E-state index contributed by atoms with van der Waals surface area (Å²) in [6, 6.07) is 20.4. The summed E-state index contributed by atoms with van der Waals surface area (Å²) in [5.74, 6) is 1.50. The number of hydrogen-bond donors (Lipinski definition) is 1. The van der Waals surface area contributed by atoms with Crippen molar-refractivity contribution < 1.29 is 0 Å². The van der Waals surface area contributed by atoms with E-state index in [9.17, 15) is 0 Å². The third-order valence-corrected chi connectivity index (χ3v) is 3.69. The SMILES string of the molecule is Cc1ccccc1Nc1nccc(N(C)Cc2ccccc2)n1. The first-order valence-corrected chi connectivity index (χ1v) is 7.63. The molecule has 1 aromatic heterocycles. The van der Waals surface area contributed by atoms with Crippen LogP contribution in [0, 0.1) is 6.92 Å². The van der Waals surface area contributed by atoms with Crippen LogP contribution in [0.15, 0.2) is 66.9 Å². The minimum atomic E-state index is 0.608. The van der Waals surface area contributed by atoms with Crippen LogP contribution in [0.1, 0.15) is 11.1 Å². The van der Waals surface area contributed by atoms with Crippen molar-refractivity contribution in [2.75, 3.05) is 17.3 Å². The summed E-state index contributed by atoms with van der Waals surface area (Å²) in [5, 5.41) is 3.28. The van der Waals surface area contributed by atoms with Gasteiger partial charge in [-0.1, -0.05) is 48.5 Å². The average molecular weight is 304 g/mol. The number of nitrogens with one attached hydrogen (secondary N) is 1. The fraction of sp³-hybridized carbons (Fsp3) is 0.158. The molecule has 0 aliphatic carbocycles. The Hall–Kier alpha value is -2.88. The first kappa shape index (κ1) is 15.0. The molecule has 0 unspecified atom stereocenters. The molecule has 116 valence electrons. The highest BCUT2D eigenvalue weighted by Gasteiger charge is 2.06. The summed E-state index contributed by atoms with van der Waals surface area (Å²) >= 11 is 0. The van der Waals surface area contributed by atoms with Gasteiger partial charge in [0.1, 0.15) is 5.82 Å². The number of para-hydroxylation sites is 1. The smallest absolute Gasteiger partial charge is 0.229 e. The van der Waals surface area contributed by atoms with E-state index < -0.39 is 0 Å².